The highest BCUT2D eigenvalue weighted by molar-refractivity contribution is 7.80. The van der Waals surface area contributed by atoms with Crippen molar-refractivity contribution in [2.75, 3.05) is 4.90 Å². The quantitative estimate of drug-likeness (QED) is 0.747. The standard InChI is InChI=1S/C15H21NS/c1-5-12-8-11(4)14-9-13(17)6-7-15(14)16(12)10(2)3/h6-7,9,11-12,17H,2,5,8H2,1,3-4H3. The first-order chi connectivity index (χ1) is 8.04. The van der Waals surface area contributed by atoms with Gasteiger partial charge < -0.3 is 4.90 Å². The Morgan fingerprint density at radius 3 is 2.82 bits per heavy atom. The van der Waals surface area contributed by atoms with E-state index in [0.29, 0.717) is 12.0 Å². The van der Waals surface area contributed by atoms with Gasteiger partial charge in [0.2, 0.25) is 0 Å². The second kappa shape index (κ2) is 4.77. The maximum absolute atomic E-state index is 4.44. The van der Waals surface area contributed by atoms with E-state index in [-0.39, 0.29) is 0 Å². The number of thiol groups is 1. The topological polar surface area (TPSA) is 3.24 Å². The molecule has 1 aromatic rings. The lowest BCUT2D eigenvalue weighted by atomic mass is 9.85. The van der Waals surface area contributed by atoms with Crippen molar-refractivity contribution in [3.05, 3.63) is 36.0 Å². The monoisotopic (exact) mass is 247 g/mol. The smallest absolute Gasteiger partial charge is 0.0446 e. The van der Waals surface area contributed by atoms with E-state index in [1.54, 1.807) is 0 Å². The summed E-state index contributed by atoms with van der Waals surface area (Å²) in [7, 11) is 0. The molecular weight excluding hydrogens is 226 g/mol. The van der Waals surface area contributed by atoms with E-state index in [1.165, 1.54) is 24.1 Å². The molecule has 0 amide bonds. The Morgan fingerprint density at radius 2 is 2.24 bits per heavy atom. The number of fused-ring (bicyclic) bond motifs is 1. The van der Waals surface area contributed by atoms with Crippen LogP contribution in [0.1, 0.15) is 45.1 Å². The summed E-state index contributed by atoms with van der Waals surface area (Å²) >= 11 is 4.44. The molecule has 0 aliphatic carbocycles. The Hall–Kier alpha value is -0.890. The molecule has 1 aliphatic rings. The van der Waals surface area contributed by atoms with Crippen molar-refractivity contribution in [2.24, 2.45) is 0 Å². The predicted octanol–water partition coefficient (Wildman–Crippen LogP) is 4.60. The second-order valence-electron chi connectivity index (χ2n) is 5.05. The van der Waals surface area contributed by atoms with E-state index >= 15 is 0 Å². The average Bonchev–Trinajstić information content (AvgIpc) is 2.28. The van der Waals surface area contributed by atoms with Gasteiger partial charge in [0, 0.05) is 22.3 Å². The third-order valence-electron chi connectivity index (χ3n) is 3.67. The number of hydrogen-bond donors (Lipinski definition) is 1. The maximum atomic E-state index is 4.44. The zero-order chi connectivity index (χ0) is 12.6. The van der Waals surface area contributed by atoms with Crippen LogP contribution in [0.2, 0.25) is 0 Å². The molecule has 1 heterocycles. The van der Waals surface area contributed by atoms with Gasteiger partial charge >= 0.3 is 0 Å². The molecule has 0 saturated heterocycles. The molecule has 2 unspecified atom stereocenters. The Balaban J connectivity index is 2.52. The van der Waals surface area contributed by atoms with E-state index in [0.717, 1.165) is 10.6 Å². The van der Waals surface area contributed by atoms with Crippen molar-refractivity contribution in [3.8, 4) is 0 Å². The van der Waals surface area contributed by atoms with E-state index in [1.807, 2.05) is 0 Å². The normalized spacial score (nSPS) is 23.4. The maximum Gasteiger partial charge on any atom is 0.0446 e. The third-order valence-corrected chi connectivity index (χ3v) is 3.95. The second-order valence-corrected chi connectivity index (χ2v) is 5.56. The Kier molecular flexibility index (Phi) is 3.53. The molecule has 0 spiro atoms. The van der Waals surface area contributed by atoms with Crippen LogP contribution in [-0.2, 0) is 0 Å². The molecule has 0 bridgehead atoms. The summed E-state index contributed by atoms with van der Waals surface area (Å²) in [5.41, 5.74) is 3.86. The first-order valence-electron chi connectivity index (χ1n) is 6.32. The van der Waals surface area contributed by atoms with Crippen molar-refractivity contribution < 1.29 is 0 Å². The zero-order valence-electron chi connectivity index (χ0n) is 10.9. The molecule has 0 aromatic heterocycles. The largest absolute Gasteiger partial charge is 0.343 e. The van der Waals surface area contributed by atoms with Gasteiger partial charge in [-0.3, -0.25) is 0 Å². The van der Waals surface area contributed by atoms with Gasteiger partial charge in [-0.1, -0.05) is 20.4 Å². The van der Waals surface area contributed by atoms with Crippen molar-refractivity contribution in [2.45, 2.75) is 50.5 Å². The van der Waals surface area contributed by atoms with Gasteiger partial charge in [0.1, 0.15) is 0 Å². The van der Waals surface area contributed by atoms with Crippen LogP contribution in [0.5, 0.6) is 0 Å². The van der Waals surface area contributed by atoms with Gasteiger partial charge in [-0.2, -0.15) is 0 Å². The fourth-order valence-electron chi connectivity index (χ4n) is 2.86. The highest BCUT2D eigenvalue weighted by Crippen LogP contribution is 2.41. The minimum absolute atomic E-state index is 0.584. The number of anilines is 1. The SMILES string of the molecule is C=C(C)N1c2ccc(S)cc2C(C)CC1CC. The van der Waals surface area contributed by atoms with Crippen LogP contribution >= 0.6 is 12.6 Å². The molecule has 1 aliphatic heterocycles. The number of benzene rings is 1. The van der Waals surface area contributed by atoms with Crippen molar-refractivity contribution in [3.63, 3.8) is 0 Å². The van der Waals surface area contributed by atoms with Crippen LogP contribution in [0.25, 0.3) is 0 Å². The number of allylic oxidation sites excluding steroid dienone is 1. The highest BCUT2D eigenvalue weighted by atomic mass is 32.1. The summed E-state index contributed by atoms with van der Waals surface area (Å²) in [6, 6.07) is 7.04. The molecule has 2 rings (SSSR count). The lowest BCUT2D eigenvalue weighted by Crippen LogP contribution is -2.38. The van der Waals surface area contributed by atoms with Crippen LogP contribution in [0, 0.1) is 0 Å². The highest BCUT2D eigenvalue weighted by Gasteiger charge is 2.29. The molecule has 0 saturated carbocycles. The fourth-order valence-corrected chi connectivity index (χ4v) is 3.07. The molecule has 0 N–H and O–H groups in total. The van der Waals surface area contributed by atoms with Crippen LogP contribution in [0.3, 0.4) is 0 Å². The molecule has 2 heteroatoms. The average molecular weight is 247 g/mol. The van der Waals surface area contributed by atoms with Gasteiger partial charge in [-0.25, -0.2) is 0 Å². The molecule has 1 nitrogen and oxygen atoms in total. The Morgan fingerprint density at radius 1 is 1.53 bits per heavy atom. The van der Waals surface area contributed by atoms with Crippen molar-refractivity contribution in [1.82, 2.24) is 0 Å². The lowest BCUT2D eigenvalue weighted by molar-refractivity contribution is 0.493. The number of rotatable bonds is 2. The Labute approximate surface area is 110 Å². The Bertz CT molecular complexity index is 439. The molecule has 17 heavy (non-hydrogen) atoms. The first kappa shape index (κ1) is 12.6. The summed E-state index contributed by atoms with van der Waals surface area (Å²) in [6.45, 7) is 10.8. The predicted molar refractivity (Wildman–Crippen MR) is 78.1 cm³/mol. The number of hydrogen-bond acceptors (Lipinski definition) is 2. The van der Waals surface area contributed by atoms with E-state index in [9.17, 15) is 0 Å². The first-order valence-corrected chi connectivity index (χ1v) is 6.77. The van der Waals surface area contributed by atoms with Gasteiger partial charge in [0.15, 0.2) is 0 Å². The fraction of sp³-hybridized carbons (Fsp3) is 0.467. The molecule has 1 aromatic carbocycles. The minimum Gasteiger partial charge on any atom is -0.343 e. The summed E-state index contributed by atoms with van der Waals surface area (Å²) in [5, 5.41) is 0. The van der Waals surface area contributed by atoms with Crippen molar-refractivity contribution in [1.29, 1.82) is 0 Å². The molecule has 92 valence electrons. The van der Waals surface area contributed by atoms with E-state index < -0.39 is 0 Å². The van der Waals surface area contributed by atoms with Crippen molar-refractivity contribution >= 4 is 18.3 Å². The van der Waals surface area contributed by atoms with Gasteiger partial charge in [0.25, 0.3) is 0 Å². The van der Waals surface area contributed by atoms with Gasteiger partial charge in [-0.05, 0) is 49.4 Å². The molecule has 0 radical (unpaired) electrons. The summed E-state index contributed by atoms with van der Waals surface area (Å²) in [6.07, 6.45) is 2.37. The van der Waals surface area contributed by atoms with Crippen LogP contribution in [0.4, 0.5) is 5.69 Å². The third kappa shape index (κ3) is 2.23. The van der Waals surface area contributed by atoms with Crippen LogP contribution in [-0.4, -0.2) is 6.04 Å². The zero-order valence-corrected chi connectivity index (χ0v) is 11.8. The van der Waals surface area contributed by atoms with E-state index in [4.69, 9.17) is 0 Å². The lowest BCUT2D eigenvalue weighted by Gasteiger charge is -2.41. The summed E-state index contributed by atoms with van der Waals surface area (Å²) < 4.78 is 0. The molecule has 2 atom stereocenters. The molecule has 0 fully saturated rings. The van der Waals surface area contributed by atoms with Crippen LogP contribution < -0.4 is 4.90 Å². The summed E-state index contributed by atoms with van der Waals surface area (Å²) in [4.78, 5) is 3.44. The molecular formula is C15H21NS. The van der Waals surface area contributed by atoms with Crippen LogP contribution in [0.15, 0.2) is 35.4 Å². The van der Waals surface area contributed by atoms with Gasteiger partial charge in [-0.15, -0.1) is 12.6 Å². The minimum atomic E-state index is 0.584. The van der Waals surface area contributed by atoms with E-state index in [2.05, 4.69) is 63.1 Å². The van der Waals surface area contributed by atoms with Gasteiger partial charge in [0.05, 0.1) is 0 Å². The summed E-state index contributed by atoms with van der Waals surface area (Å²) in [5.74, 6) is 0.609. The number of nitrogens with zero attached hydrogens (tertiary/aromatic N) is 1.